The number of nitro groups is 1. The largest absolute Gasteiger partial charge is 0.480 e. The van der Waals surface area contributed by atoms with Crippen molar-refractivity contribution < 1.29 is 19.6 Å². The monoisotopic (exact) mass is 326 g/mol. The summed E-state index contributed by atoms with van der Waals surface area (Å²) in [4.78, 5) is 35.3. The van der Waals surface area contributed by atoms with Crippen LogP contribution >= 0.6 is 11.8 Å². The van der Waals surface area contributed by atoms with Crippen molar-refractivity contribution >= 4 is 29.3 Å². The van der Waals surface area contributed by atoms with Gasteiger partial charge in [-0.2, -0.15) is 0 Å². The molecule has 0 bridgehead atoms. The summed E-state index contributed by atoms with van der Waals surface area (Å²) in [6.07, 6.45) is 0. The summed E-state index contributed by atoms with van der Waals surface area (Å²) in [5, 5.41) is 19.0. The van der Waals surface area contributed by atoms with Crippen LogP contribution in [-0.4, -0.2) is 44.6 Å². The summed E-state index contributed by atoms with van der Waals surface area (Å²) < 4.78 is 0. The average Bonchev–Trinajstić information content (AvgIpc) is 2.44. The van der Waals surface area contributed by atoms with E-state index < -0.39 is 16.1 Å². The molecule has 22 heavy (non-hydrogen) atoms. The fraction of sp³-hybridized carbons (Fsp3) is 0.429. The van der Waals surface area contributed by atoms with Crippen LogP contribution in [0.15, 0.2) is 29.2 Å². The number of aliphatic carboxylic acids is 1. The molecule has 0 aromatic heterocycles. The van der Waals surface area contributed by atoms with Crippen LogP contribution in [0.4, 0.5) is 5.69 Å². The highest BCUT2D eigenvalue weighted by Gasteiger charge is 2.25. The average molecular weight is 326 g/mol. The summed E-state index contributed by atoms with van der Waals surface area (Å²) in [5.74, 6) is -1.34. The summed E-state index contributed by atoms with van der Waals surface area (Å²) in [6.45, 7) is 4.85. The maximum absolute atomic E-state index is 12.3. The summed E-state index contributed by atoms with van der Waals surface area (Å²) >= 11 is 1.24. The van der Waals surface area contributed by atoms with Gasteiger partial charge in [0, 0.05) is 23.1 Å². The number of amides is 1. The fourth-order valence-corrected chi connectivity index (χ4v) is 2.73. The van der Waals surface area contributed by atoms with Crippen LogP contribution in [0.25, 0.3) is 0 Å². The predicted octanol–water partition coefficient (Wildman–Crippen LogP) is 2.40. The Balaban J connectivity index is 2.77. The molecule has 1 atom stereocenters. The Morgan fingerprint density at radius 1 is 1.27 bits per heavy atom. The Labute approximate surface area is 132 Å². The Kier molecular flexibility index (Phi) is 6.36. The Morgan fingerprint density at radius 3 is 2.23 bits per heavy atom. The topological polar surface area (TPSA) is 101 Å². The first kappa shape index (κ1) is 18.0. The molecule has 0 fully saturated rings. The van der Waals surface area contributed by atoms with Crippen LogP contribution in [0.3, 0.4) is 0 Å². The molecule has 0 aliphatic carbocycles. The van der Waals surface area contributed by atoms with E-state index in [9.17, 15) is 19.7 Å². The first-order valence-corrected chi connectivity index (χ1v) is 7.53. The van der Waals surface area contributed by atoms with Crippen molar-refractivity contribution in [2.75, 3.05) is 6.54 Å². The number of hydrogen-bond acceptors (Lipinski definition) is 5. The highest BCUT2D eigenvalue weighted by atomic mass is 32.2. The molecule has 1 amide bonds. The standard InChI is InChI=1S/C14H18N2O5S/c1-9(2)15(8-13(17)18)14(19)10(3)22-12-6-4-11(5-7-12)16(20)21/h4-7,9-10H,8H2,1-3H3,(H,17,18). The molecule has 0 aliphatic heterocycles. The van der Waals surface area contributed by atoms with Crippen LogP contribution in [0, 0.1) is 10.1 Å². The molecule has 0 saturated heterocycles. The van der Waals surface area contributed by atoms with Crippen molar-refractivity contribution in [2.24, 2.45) is 0 Å². The molecule has 0 saturated carbocycles. The van der Waals surface area contributed by atoms with Crippen LogP contribution in [-0.2, 0) is 9.59 Å². The van der Waals surface area contributed by atoms with E-state index >= 15 is 0 Å². The molecule has 7 nitrogen and oxygen atoms in total. The highest BCUT2D eigenvalue weighted by Crippen LogP contribution is 2.26. The summed E-state index contributed by atoms with van der Waals surface area (Å²) in [6, 6.07) is 5.67. The van der Waals surface area contributed by atoms with E-state index in [1.807, 2.05) is 0 Å². The zero-order valence-corrected chi connectivity index (χ0v) is 13.4. The smallest absolute Gasteiger partial charge is 0.323 e. The second-order valence-corrected chi connectivity index (χ2v) is 6.38. The van der Waals surface area contributed by atoms with E-state index in [0.717, 1.165) is 0 Å². The van der Waals surface area contributed by atoms with E-state index in [-0.39, 0.29) is 24.2 Å². The number of carbonyl (C=O) groups excluding carboxylic acids is 1. The van der Waals surface area contributed by atoms with Crippen LogP contribution < -0.4 is 0 Å². The SMILES string of the molecule is CC(Sc1ccc([N+](=O)[O-])cc1)C(=O)N(CC(=O)O)C(C)C. The van der Waals surface area contributed by atoms with E-state index in [1.165, 1.54) is 28.8 Å². The molecule has 1 unspecified atom stereocenters. The third-order valence-electron chi connectivity index (χ3n) is 2.92. The van der Waals surface area contributed by atoms with Crippen LogP contribution in [0.5, 0.6) is 0 Å². The molecule has 120 valence electrons. The van der Waals surface area contributed by atoms with Crippen molar-refractivity contribution in [2.45, 2.75) is 37.0 Å². The molecular weight excluding hydrogens is 308 g/mol. The number of benzene rings is 1. The molecule has 8 heteroatoms. The van der Waals surface area contributed by atoms with Gasteiger partial charge >= 0.3 is 5.97 Å². The van der Waals surface area contributed by atoms with Crippen molar-refractivity contribution in [3.05, 3.63) is 34.4 Å². The number of carbonyl (C=O) groups is 2. The van der Waals surface area contributed by atoms with E-state index in [0.29, 0.717) is 4.90 Å². The summed E-state index contributed by atoms with van der Waals surface area (Å²) in [5.41, 5.74) is -0.0157. The van der Waals surface area contributed by atoms with Gasteiger partial charge in [0.25, 0.3) is 5.69 Å². The van der Waals surface area contributed by atoms with E-state index in [2.05, 4.69) is 0 Å². The zero-order chi connectivity index (χ0) is 16.9. The minimum atomic E-state index is -1.06. The minimum absolute atomic E-state index is 0.0157. The molecule has 0 aliphatic rings. The summed E-state index contributed by atoms with van der Waals surface area (Å²) in [7, 11) is 0. The molecule has 1 aromatic carbocycles. The van der Waals surface area contributed by atoms with Gasteiger partial charge in [0.1, 0.15) is 6.54 Å². The van der Waals surface area contributed by atoms with Gasteiger partial charge < -0.3 is 10.0 Å². The van der Waals surface area contributed by atoms with Gasteiger partial charge in [0.05, 0.1) is 10.2 Å². The zero-order valence-electron chi connectivity index (χ0n) is 12.6. The van der Waals surface area contributed by atoms with Gasteiger partial charge in [0.2, 0.25) is 5.91 Å². The molecule has 0 spiro atoms. The van der Waals surface area contributed by atoms with Gasteiger partial charge in [-0.05, 0) is 32.9 Å². The second kappa shape index (κ2) is 7.79. The predicted molar refractivity (Wildman–Crippen MR) is 82.9 cm³/mol. The number of hydrogen-bond donors (Lipinski definition) is 1. The lowest BCUT2D eigenvalue weighted by Gasteiger charge is -2.27. The number of carboxylic acids is 1. The number of nitrogens with zero attached hydrogens (tertiary/aromatic N) is 2. The first-order valence-electron chi connectivity index (χ1n) is 6.65. The molecule has 1 aromatic rings. The molecule has 0 radical (unpaired) electrons. The fourth-order valence-electron chi connectivity index (χ4n) is 1.80. The maximum atomic E-state index is 12.3. The van der Waals surface area contributed by atoms with Crippen molar-refractivity contribution in [1.82, 2.24) is 4.90 Å². The van der Waals surface area contributed by atoms with Gasteiger partial charge in [-0.1, -0.05) is 0 Å². The number of rotatable bonds is 7. The molecule has 1 rings (SSSR count). The first-order chi connectivity index (χ1) is 10.2. The van der Waals surface area contributed by atoms with Gasteiger partial charge in [-0.15, -0.1) is 11.8 Å². The van der Waals surface area contributed by atoms with Gasteiger partial charge in [-0.25, -0.2) is 0 Å². The lowest BCUT2D eigenvalue weighted by Crippen LogP contribution is -2.44. The lowest BCUT2D eigenvalue weighted by molar-refractivity contribution is -0.384. The number of thioether (sulfide) groups is 1. The molecule has 0 heterocycles. The van der Waals surface area contributed by atoms with Crippen LogP contribution in [0.1, 0.15) is 20.8 Å². The number of carboxylic acid groups (broad SMARTS) is 1. The third-order valence-corrected chi connectivity index (χ3v) is 4.02. The second-order valence-electron chi connectivity index (χ2n) is 4.96. The molecular formula is C14H18N2O5S. The van der Waals surface area contributed by atoms with E-state index in [1.54, 1.807) is 32.9 Å². The normalized spacial score (nSPS) is 12.0. The third kappa shape index (κ3) is 5.03. The van der Waals surface area contributed by atoms with Gasteiger partial charge in [0.15, 0.2) is 0 Å². The highest BCUT2D eigenvalue weighted by molar-refractivity contribution is 8.00. The van der Waals surface area contributed by atoms with Crippen LogP contribution in [0.2, 0.25) is 0 Å². The Bertz CT molecular complexity index is 559. The Hall–Kier alpha value is -2.09. The number of nitro benzene ring substituents is 1. The van der Waals surface area contributed by atoms with Gasteiger partial charge in [-0.3, -0.25) is 19.7 Å². The van der Waals surface area contributed by atoms with Crippen molar-refractivity contribution in [3.8, 4) is 0 Å². The van der Waals surface area contributed by atoms with Crippen molar-refractivity contribution in [3.63, 3.8) is 0 Å². The Morgan fingerprint density at radius 2 is 1.82 bits per heavy atom. The van der Waals surface area contributed by atoms with E-state index in [4.69, 9.17) is 5.11 Å². The number of non-ortho nitro benzene ring substituents is 1. The maximum Gasteiger partial charge on any atom is 0.323 e. The molecule has 1 N–H and O–H groups in total. The minimum Gasteiger partial charge on any atom is -0.480 e. The lowest BCUT2D eigenvalue weighted by atomic mass is 10.3. The van der Waals surface area contributed by atoms with Crippen molar-refractivity contribution in [1.29, 1.82) is 0 Å². The quantitative estimate of drug-likeness (QED) is 0.469.